The lowest BCUT2D eigenvalue weighted by atomic mass is 9.85. The van der Waals surface area contributed by atoms with Crippen molar-refractivity contribution in [2.24, 2.45) is 0 Å². The zero-order valence-electron chi connectivity index (χ0n) is 12.6. The maximum atomic E-state index is 6.23. The Bertz CT molecular complexity index is 567. The largest absolute Gasteiger partial charge is 0.372 e. The van der Waals surface area contributed by atoms with E-state index in [0.717, 1.165) is 19.4 Å². The minimum Gasteiger partial charge on any atom is -0.372 e. The van der Waals surface area contributed by atoms with Crippen molar-refractivity contribution < 1.29 is 4.74 Å². The summed E-state index contributed by atoms with van der Waals surface area (Å²) in [4.78, 5) is 0. The molecule has 2 nitrogen and oxygen atoms in total. The Morgan fingerprint density at radius 1 is 1.05 bits per heavy atom. The molecule has 110 valence electrons. The molecular formula is C19H23NO. The molecule has 1 aliphatic carbocycles. The van der Waals surface area contributed by atoms with Crippen LogP contribution < -0.4 is 5.32 Å². The fourth-order valence-electron chi connectivity index (χ4n) is 3.15. The summed E-state index contributed by atoms with van der Waals surface area (Å²) in [7, 11) is 0. The van der Waals surface area contributed by atoms with E-state index in [4.69, 9.17) is 4.74 Å². The molecule has 0 amide bonds. The van der Waals surface area contributed by atoms with Gasteiger partial charge < -0.3 is 10.1 Å². The average Bonchev–Trinajstić information content (AvgIpc) is 2.55. The van der Waals surface area contributed by atoms with Gasteiger partial charge in [0.05, 0.1) is 18.8 Å². The Kier molecular flexibility index (Phi) is 4.69. The second-order valence-corrected chi connectivity index (χ2v) is 5.61. The van der Waals surface area contributed by atoms with Gasteiger partial charge in [0.1, 0.15) is 0 Å². The van der Waals surface area contributed by atoms with Crippen molar-refractivity contribution in [1.29, 1.82) is 0 Å². The summed E-state index contributed by atoms with van der Waals surface area (Å²) in [6.45, 7) is 3.81. The molecule has 0 bridgehead atoms. The summed E-state index contributed by atoms with van der Waals surface area (Å²) >= 11 is 0. The van der Waals surface area contributed by atoms with Crippen molar-refractivity contribution >= 4 is 0 Å². The Hall–Kier alpha value is -1.64. The predicted octanol–water partition coefficient (Wildman–Crippen LogP) is 3.87. The van der Waals surface area contributed by atoms with Gasteiger partial charge in [-0.15, -0.1) is 0 Å². The number of hydrogen-bond acceptors (Lipinski definition) is 2. The topological polar surface area (TPSA) is 21.3 Å². The normalized spacial score (nSPS) is 21.0. The van der Waals surface area contributed by atoms with E-state index in [9.17, 15) is 0 Å². The van der Waals surface area contributed by atoms with Gasteiger partial charge in [0, 0.05) is 0 Å². The molecule has 0 spiro atoms. The van der Waals surface area contributed by atoms with Crippen molar-refractivity contribution in [3.05, 3.63) is 71.3 Å². The van der Waals surface area contributed by atoms with Gasteiger partial charge in [0.25, 0.3) is 0 Å². The van der Waals surface area contributed by atoms with Crippen LogP contribution in [0.5, 0.6) is 0 Å². The number of benzene rings is 2. The molecule has 0 heterocycles. The van der Waals surface area contributed by atoms with Gasteiger partial charge in [-0.3, -0.25) is 0 Å². The molecule has 0 aromatic heterocycles. The highest BCUT2D eigenvalue weighted by Crippen LogP contribution is 2.32. The van der Waals surface area contributed by atoms with Crippen molar-refractivity contribution in [1.82, 2.24) is 5.32 Å². The molecule has 1 aliphatic rings. The second kappa shape index (κ2) is 6.88. The van der Waals surface area contributed by atoms with E-state index in [0.29, 0.717) is 12.6 Å². The van der Waals surface area contributed by atoms with Crippen LogP contribution >= 0.6 is 0 Å². The molecule has 2 aromatic rings. The van der Waals surface area contributed by atoms with E-state index in [1.54, 1.807) is 0 Å². The SMILES string of the molecule is CCNC1c2ccccc2CCC1OCc1ccccc1. The smallest absolute Gasteiger partial charge is 0.0777 e. The van der Waals surface area contributed by atoms with E-state index in [2.05, 4.69) is 60.8 Å². The van der Waals surface area contributed by atoms with Crippen molar-refractivity contribution in [2.45, 2.75) is 38.5 Å². The van der Waals surface area contributed by atoms with E-state index in [1.165, 1.54) is 16.7 Å². The first-order chi connectivity index (χ1) is 10.4. The van der Waals surface area contributed by atoms with Crippen LogP contribution in [0, 0.1) is 0 Å². The summed E-state index contributed by atoms with van der Waals surface area (Å²) in [5.74, 6) is 0. The van der Waals surface area contributed by atoms with Crippen LogP contribution in [0.15, 0.2) is 54.6 Å². The van der Waals surface area contributed by atoms with Crippen LogP contribution in [0.1, 0.15) is 36.1 Å². The lowest BCUT2D eigenvalue weighted by molar-refractivity contribution is 0.00469. The van der Waals surface area contributed by atoms with Gasteiger partial charge in [0.2, 0.25) is 0 Å². The van der Waals surface area contributed by atoms with Crippen LogP contribution in [0.3, 0.4) is 0 Å². The third-order valence-electron chi connectivity index (χ3n) is 4.19. The molecular weight excluding hydrogens is 258 g/mol. The van der Waals surface area contributed by atoms with Crippen LogP contribution in [0.2, 0.25) is 0 Å². The average molecular weight is 281 g/mol. The van der Waals surface area contributed by atoms with Gasteiger partial charge in [-0.2, -0.15) is 0 Å². The highest BCUT2D eigenvalue weighted by atomic mass is 16.5. The van der Waals surface area contributed by atoms with E-state index < -0.39 is 0 Å². The first kappa shape index (κ1) is 14.3. The number of aryl methyl sites for hydroxylation is 1. The third-order valence-corrected chi connectivity index (χ3v) is 4.19. The summed E-state index contributed by atoms with van der Waals surface area (Å²) in [6.07, 6.45) is 2.44. The summed E-state index contributed by atoms with van der Waals surface area (Å²) in [5, 5.41) is 3.60. The molecule has 0 aliphatic heterocycles. The number of hydrogen-bond donors (Lipinski definition) is 1. The summed E-state index contributed by atoms with van der Waals surface area (Å²) in [5.41, 5.74) is 4.11. The summed E-state index contributed by atoms with van der Waals surface area (Å²) < 4.78 is 6.23. The Morgan fingerprint density at radius 3 is 2.62 bits per heavy atom. The molecule has 0 radical (unpaired) electrons. The zero-order valence-corrected chi connectivity index (χ0v) is 12.6. The Labute approximate surface area is 127 Å². The molecule has 2 unspecified atom stereocenters. The quantitative estimate of drug-likeness (QED) is 0.898. The van der Waals surface area contributed by atoms with Gasteiger partial charge in [-0.05, 0) is 36.1 Å². The van der Waals surface area contributed by atoms with Crippen molar-refractivity contribution in [2.75, 3.05) is 6.54 Å². The van der Waals surface area contributed by atoms with Gasteiger partial charge in [-0.1, -0.05) is 61.5 Å². The maximum absolute atomic E-state index is 6.23. The number of rotatable bonds is 5. The standard InChI is InChI=1S/C19H23NO/c1-2-20-19-17-11-7-6-10-16(17)12-13-18(19)21-14-15-8-4-3-5-9-15/h3-11,18-20H,2,12-14H2,1H3. The number of nitrogens with one attached hydrogen (secondary N) is 1. The fraction of sp³-hybridized carbons (Fsp3) is 0.368. The zero-order chi connectivity index (χ0) is 14.5. The third kappa shape index (κ3) is 3.34. The Balaban J connectivity index is 1.73. The highest BCUT2D eigenvalue weighted by molar-refractivity contribution is 5.33. The molecule has 21 heavy (non-hydrogen) atoms. The van der Waals surface area contributed by atoms with E-state index in [1.807, 2.05) is 6.07 Å². The van der Waals surface area contributed by atoms with Crippen LogP contribution in [-0.4, -0.2) is 12.6 Å². The first-order valence-electron chi connectivity index (χ1n) is 7.85. The van der Waals surface area contributed by atoms with Crippen LogP contribution in [-0.2, 0) is 17.8 Å². The molecule has 2 atom stereocenters. The minimum atomic E-state index is 0.250. The molecule has 2 heteroatoms. The monoisotopic (exact) mass is 281 g/mol. The van der Waals surface area contributed by atoms with Crippen molar-refractivity contribution in [3.8, 4) is 0 Å². The lowest BCUT2D eigenvalue weighted by Gasteiger charge is -2.34. The lowest BCUT2D eigenvalue weighted by Crippen LogP contribution is -2.37. The fourth-order valence-corrected chi connectivity index (χ4v) is 3.15. The second-order valence-electron chi connectivity index (χ2n) is 5.61. The molecule has 0 fully saturated rings. The van der Waals surface area contributed by atoms with E-state index >= 15 is 0 Å². The number of fused-ring (bicyclic) bond motifs is 1. The highest BCUT2D eigenvalue weighted by Gasteiger charge is 2.29. The van der Waals surface area contributed by atoms with Gasteiger partial charge in [-0.25, -0.2) is 0 Å². The molecule has 0 saturated heterocycles. The molecule has 3 rings (SSSR count). The predicted molar refractivity (Wildman–Crippen MR) is 86.2 cm³/mol. The molecule has 1 N–H and O–H groups in total. The van der Waals surface area contributed by atoms with E-state index in [-0.39, 0.29) is 6.10 Å². The number of ether oxygens (including phenoxy) is 1. The van der Waals surface area contributed by atoms with Gasteiger partial charge >= 0.3 is 0 Å². The van der Waals surface area contributed by atoms with Crippen LogP contribution in [0.4, 0.5) is 0 Å². The maximum Gasteiger partial charge on any atom is 0.0777 e. The first-order valence-corrected chi connectivity index (χ1v) is 7.85. The molecule has 2 aromatic carbocycles. The minimum absolute atomic E-state index is 0.250. The van der Waals surface area contributed by atoms with Crippen molar-refractivity contribution in [3.63, 3.8) is 0 Å². The van der Waals surface area contributed by atoms with Gasteiger partial charge in [0.15, 0.2) is 0 Å². The number of likely N-dealkylation sites (N-methyl/N-ethyl adjacent to an activating group) is 1. The van der Waals surface area contributed by atoms with Crippen LogP contribution in [0.25, 0.3) is 0 Å². The Morgan fingerprint density at radius 2 is 1.81 bits per heavy atom. The molecule has 0 saturated carbocycles. The summed E-state index contributed by atoms with van der Waals surface area (Å²) in [6, 6.07) is 19.5.